The van der Waals surface area contributed by atoms with E-state index in [-0.39, 0.29) is 20.9 Å². The zero-order chi connectivity index (χ0) is 19.6. The molecule has 0 amide bonds. The van der Waals surface area contributed by atoms with Crippen molar-refractivity contribution in [1.82, 2.24) is 4.98 Å². The molecule has 0 saturated heterocycles. The normalized spacial score (nSPS) is 11.9. The van der Waals surface area contributed by atoms with E-state index >= 15 is 0 Å². The molecule has 1 aromatic heterocycles. The molecule has 3 rings (SSSR count). The monoisotopic (exact) mass is 425 g/mol. The standard InChI is InChI=1S/C19H17ClFNO3S2/c1-12(2)11-26-19-18(27(23,24)16-9-5-14(20)6-10-16)22-17(25-19)13-3-7-15(21)8-4-13/h3-10,12H,11H2,1-2H3. The van der Waals surface area contributed by atoms with Gasteiger partial charge in [0.1, 0.15) is 5.82 Å². The van der Waals surface area contributed by atoms with E-state index < -0.39 is 15.7 Å². The molecule has 0 radical (unpaired) electrons. The second kappa shape index (κ2) is 8.04. The van der Waals surface area contributed by atoms with Gasteiger partial charge in [0.2, 0.25) is 25.8 Å². The first-order valence-corrected chi connectivity index (χ1v) is 11.0. The molecule has 0 bridgehead atoms. The summed E-state index contributed by atoms with van der Waals surface area (Å²) in [5.74, 6) is 0.740. The van der Waals surface area contributed by atoms with Gasteiger partial charge in [-0.2, -0.15) is 4.98 Å². The Labute approximate surface area is 166 Å². The van der Waals surface area contributed by atoms with Crippen LogP contribution in [0.2, 0.25) is 5.02 Å². The van der Waals surface area contributed by atoms with Crippen molar-refractivity contribution in [3.05, 3.63) is 59.4 Å². The van der Waals surface area contributed by atoms with Gasteiger partial charge in [-0.3, -0.25) is 0 Å². The first-order valence-electron chi connectivity index (χ1n) is 8.17. The highest BCUT2D eigenvalue weighted by atomic mass is 35.5. The van der Waals surface area contributed by atoms with Crippen LogP contribution in [0.4, 0.5) is 4.39 Å². The van der Waals surface area contributed by atoms with E-state index in [0.717, 1.165) is 0 Å². The van der Waals surface area contributed by atoms with E-state index in [1.165, 1.54) is 60.3 Å². The van der Waals surface area contributed by atoms with Gasteiger partial charge >= 0.3 is 0 Å². The van der Waals surface area contributed by atoms with Crippen molar-refractivity contribution in [3.8, 4) is 11.5 Å². The van der Waals surface area contributed by atoms with Crippen molar-refractivity contribution in [2.24, 2.45) is 5.92 Å². The molecular weight excluding hydrogens is 409 g/mol. The fourth-order valence-corrected chi connectivity index (χ4v) is 4.84. The highest BCUT2D eigenvalue weighted by Gasteiger charge is 2.28. The molecule has 1 heterocycles. The summed E-state index contributed by atoms with van der Waals surface area (Å²) in [5, 5.41) is 0.517. The average Bonchev–Trinajstić information content (AvgIpc) is 3.06. The van der Waals surface area contributed by atoms with Gasteiger partial charge < -0.3 is 4.42 Å². The third-order valence-electron chi connectivity index (χ3n) is 3.58. The lowest BCUT2D eigenvalue weighted by atomic mass is 10.2. The Balaban J connectivity index is 2.08. The van der Waals surface area contributed by atoms with Crippen LogP contribution in [0.1, 0.15) is 13.8 Å². The third kappa shape index (κ3) is 4.54. The molecule has 0 aliphatic carbocycles. The average molecular weight is 426 g/mol. The van der Waals surface area contributed by atoms with Crippen LogP contribution in [-0.2, 0) is 9.84 Å². The Bertz CT molecular complexity index is 1030. The highest BCUT2D eigenvalue weighted by molar-refractivity contribution is 8.00. The molecule has 0 spiro atoms. The Morgan fingerprint density at radius 2 is 1.74 bits per heavy atom. The molecule has 142 valence electrons. The van der Waals surface area contributed by atoms with Gasteiger partial charge in [0.05, 0.1) is 4.90 Å². The van der Waals surface area contributed by atoms with Crippen molar-refractivity contribution in [1.29, 1.82) is 0 Å². The van der Waals surface area contributed by atoms with Crippen molar-refractivity contribution in [2.45, 2.75) is 28.9 Å². The molecular formula is C19H17ClFNO3S2. The first kappa shape index (κ1) is 19.9. The molecule has 0 fully saturated rings. The summed E-state index contributed by atoms with van der Waals surface area (Å²) >= 11 is 7.15. The first-order chi connectivity index (χ1) is 12.8. The summed E-state index contributed by atoms with van der Waals surface area (Å²) in [5.41, 5.74) is 0.500. The van der Waals surface area contributed by atoms with Gasteiger partial charge in [-0.25, -0.2) is 12.8 Å². The van der Waals surface area contributed by atoms with Crippen LogP contribution in [0.15, 0.2) is 68.0 Å². The second-order valence-electron chi connectivity index (χ2n) is 6.28. The summed E-state index contributed by atoms with van der Waals surface area (Å²) in [7, 11) is -3.89. The molecule has 0 saturated carbocycles. The molecule has 3 aromatic rings. The van der Waals surface area contributed by atoms with Crippen LogP contribution >= 0.6 is 23.4 Å². The predicted molar refractivity (Wildman–Crippen MR) is 104 cm³/mol. The number of benzene rings is 2. The molecule has 8 heteroatoms. The van der Waals surface area contributed by atoms with Gasteiger partial charge in [-0.05, 0) is 54.4 Å². The van der Waals surface area contributed by atoms with Crippen LogP contribution in [-0.4, -0.2) is 19.2 Å². The molecule has 0 aliphatic rings. The molecule has 4 nitrogen and oxygen atoms in total. The van der Waals surface area contributed by atoms with Crippen LogP contribution < -0.4 is 0 Å². The zero-order valence-electron chi connectivity index (χ0n) is 14.6. The fraction of sp³-hybridized carbons (Fsp3) is 0.211. The van der Waals surface area contributed by atoms with E-state index in [0.29, 0.717) is 22.3 Å². The lowest BCUT2D eigenvalue weighted by molar-refractivity contribution is 0.469. The topological polar surface area (TPSA) is 60.2 Å². The SMILES string of the molecule is CC(C)CSc1oc(-c2ccc(F)cc2)nc1S(=O)(=O)c1ccc(Cl)cc1. The smallest absolute Gasteiger partial charge is 0.228 e. The molecule has 27 heavy (non-hydrogen) atoms. The van der Waals surface area contributed by atoms with Crippen molar-refractivity contribution >= 4 is 33.2 Å². The number of hydrogen-bond acceptors (Lipinski definition) is 5. The number of hydrogen-bond donors (Lipinski definition) is 0. The quantitative estimate of drug-likeness (QED) is 0.473. The maximum absolute atomic E-state index is 13.2. The van der Waals surface area contributed by atoms with Crippen molar-refractivity contribution in [3.63, 3.8) is 0 Å². The van der Waals surface area contributed by atoms with Gasteiger partial charge in [0, 0.05) is 16.3 Å². The Morgan fingerprint density at radius 1 is 1.11 bits per heavy atom. The fourth-order valence-electron chi connectivity index (χ4n) is 2.24. The largest absolute Gasteiger partial charge is 0.428 e. The number of aromatic nitrogens is 1. The van der Waals surface area contributed by atoms with Crippen molar-refractivity contribution < 1.29 is 17.2 Å². The predicted octanol–water partition coefficient (Wildman–Crippen LogP) is 5.72. The highest BCUT2D eigenvalue weighted by Crippen LogP contribution is 2.35. The van der Waals surface area contributed by atoms with Gasteiger partial charge in [0.15, 0.2) is 0 Å². The minimum Gasteiger partial charge on any atom is -0.428 e. The van der Waals surface area contributed by atoms with E-state index in [4.69, 9.17) is 16.0 Å². The summed E-state index contributed by atoms with van der Waals surface area (Å²) in [6.45, 7) is 4.05. The van der Waals surface area contributed by atoms with Gasteiger partial charge in [-0.15, -0.1) is 0 Å². The Hall–Kier alpha value is -1.83. The van der Waals surface area contributed by atoms with E-state index in [9.17, 15) is 12.8 Å². The minimum absolute atomic E-state index is 0.0808. The molecule has 0 N–H and O–H groups in total. The lowest BCUT2D eigenvalue weighted by Crippen LogP contribution is -2.04. The van der Waals surface area contributed by atoms with Crippen molar-refractivity contribution in [2.75, 3.05) is 5.75 Å². The van der Waals surface area contributed by atoms with Crippen LogP contribution in [0.3, 0.4) is 0 Å². The number of oxazole rings is 1. The Morgan fingerprint density at radius 3 is 2.33 bits per heavy atom. The summed E-state index contributed by atoms with van der Waals surface area (Å²) in [6.07, 6.45) is 0. The summed E-state index contributed by atoms with van der Waals surface area (Å²) in [6, 6.07) is 11.4. The number of nitrogens with zero attached hydrogens (tertiary/aromatic N) is 1. The van der Waals surface area contributed by atoms with Gasteiger partial charge in [-0.1, -0.05) is 37.2 Å². The van der Waals surface area contributed by atoms with E-state index in [1.54, 1.807) is 0 Å². The van der Waals surface area contributed by atoms with Crippen LogP contribution in [0.25, 0.3) is 11.5 Å². The van der Waals surface area contributed by atoms with Crippen LogP contribution in [0, 0.1) is 11.7 Å². The zero-order valence-corrected chi connectivity index (χ0v) is 17.0. The second-order valence-corrected chi connectivity index (χ2v) is 9.57. The molecule has 0 atom stereocenters. The third-order valence-corrected chi connectivity index (χ3v) is 7.02. The number of thioether (sulfide) groups is 1. The summed E-state index contributed by atoms with van der Waals surface area (Å²) < 4.78 is 45.1. The van der Waals surface area contributed by atoms with Crippen LogP contribution in [0.5, 0.6) is 0 Å². The maximum atomic E-state index is 13.2. The lowest BCUT2D eigenvalue weighted by Gasteiger charge is -2.05. The molecule has 0 unspecified atom stereocenters. The minimum atomic E-state index is -3.89. The number of halogens is 2. The number of sulfone groups is 1. The van der Waals surface area contributed by atoms with Gasteiger partial charge in [0.25, 0.3) is 0 Å². The maximum Gasteiger partial charge on any atom is 0.228 e. The Kier molecular flexibility index (Phi) is 5.93. The molecule has 2 aromatic carbocycles. The summed E-state index contributed by atoms with van der Waals surface area (Å²) in [4.78, 5) is 4.31. The van der Waals surface area contributed by atoms with E-state index in [2.05, 4.69) is 4.98 Å². The molecule has 0 aliphatic heterocycles. The van der Waals surface area contributed by atoms with E-state index in [1.807, 2.05) is 13.8 Å². The number of rotatable bonds is 6.